The van der Waals surface area contributed by atoms with Crippen LogP contribution in [0.4, 0.5) is 10.7 Å². The van der Waals surface area contributed by atoms with Crippen molar-refractivity contribution in [1.82, 2.24) is 0 Å². The lowest BCUT2D eigenvalue weighted by Crippen LogP contribution is -2.05. The minimum atomic E-state index is -0.0814. The van der Waals surface area contributed by atoms with Crippen molar-refractivity contribution in [2.45, 2.75) is 0 Å². The van der Waals surface area contributed by atoms with E-state index in [0.29, 0.717) is 10.6 Å². The molecule has 0 fully saturated rings. The molecule has 0 spiro atoms. The highest BCUT2D eigenvalue weighted by molar-refractivity contribution is 7.17. The fourth-order valence-corrected chi connectivity index (χ4v) is 3.15. The number of hydrogen-bond acceptors (Lipinski definition) is 3. The van der Waals surface area contributed by atoms with Gasteiger partial charge in [0.05, 0.1) is 10.6 Å². The van der Waals surface area contributed by atoms with Crippen LogP contribution >= 0.6 is 22.9 Å². The molecule has 3 nitrogen and oxygen atoms in total. The Hall–Kier alpha value is -1.78. The number of halogens is 1. The largest absolute Gasteiger partial charge is 0.370 e. The maximum absolute atomic E-state index is 12.1. The average molecular weight is 305 g/mol. The first kappa shape index (κ1) is 13.2. The number of nitrogens with one attached hydrogen (secondary N) is 1. The summed E-state index contributed by atoms with van der Waals surface area (Å²) in [7, 11) is 4.00. The maximum atomic E-state index is 12.1. The van der Waals surface area contributed by atoms with Crippen molar-refractivity contribution in [3.05, 3.63) is 45.8 Å². The Morgan fingerprint density at radius 3 is 2.75 bits per heavy atom. The number of carbonyl (C=O) groups excluding carboxylic acids is 1. The van der Waals surface area contributed by atoms with Gasteiger partial charge in [-0.05, 0) is 36.4 Å². The summed E-state index contributed by atoms with van der Waals surface area (Å²) in [6, 6.07) is 9.49. The highest BCUT2D eigenvalue weighted by Gasteiger charge is 2.24. The normalized spacial score (nSPS) is 15.3. The van der Waals surface area contributed by atoms with E-state index in [1.165, 1.54) is 0 Å². The molecule has 2 heterocycles. The first-order valence-electron chi connectivity index (χ1n) is 6.15. The van der Waals surface area contributed by atoms with E-state index in [2.05, 4.69) is 5.32 Å². The van der Waals surface area contributed by atoms with E-state index in [1.54, 1.807) is 17.4 Å². The summed E-state index contributed by atoms with van der Waals surface area (Å²) < 4.78 is 0. The molecular formula is C15H13ClN2OS. The number of hydrogen-bond donors (Lipinski definition) is 1. The van der Waals surface area contributed by atoms with E-state index in [4.69, 9.17) is 11.6 Å². The first-order valence-corrected chi connectivity index (χ1v) is 7.34. The van der Waals surface area contributed by atoms with Crippen molar-refractivity contribution in [2.75, 3.05) is 24.3 Å². The van der Waals surface area contributed by atoms with Crippen LogP contribution in [0.3, 0.4) is 0 Å². The van der Waals surface area contributed by atoms with Crippen LogP contribution in [-0.4, -0.2) is 20.0 Å². The Labute approximate surface area is 126 Å². The zero-order valence-electron chi connectivity index (χ0n) is 11.1. The molecular weight excluding hydrogens is 292 g/mol. The van der Waals surface area contributed by atoms with Gasteiger partial charge in [0.1, 0.15) is 0 Å². The highest BCUT2D eigenvalue weighted by Crippen LogP contribution is 2.36. The third-order valence-electron chi connectivity index (χ3n) is 3.10. The molecule has 0 aliphatic carbocycles. The monoisotopic (exact) mass is 304 g/mol. The van der Waals surface area contributed by atoms with Gasteiger partial charge in [0, 0.05) is 35.2 Å². The molecule has 0 saturated carbocycles. The molecule has 2 aromatic rings. The van der Waals surface area contributed by atoms with Crippen LogP contribution in [0.25, 0.3) is 11.6 Å². The molecule has 0 bridgehead atoms. The number of rotatable bonds is 2. The van der Waals surface area contributed by atoms with Crippen molar-refractivity contribution in [3.63, 3.8) is 0 Å². The van der Waals surface area contributed by atoms with Crippen LogP contribution < -0.4 is 10.2 Å². The molecule has 1 N–H and O–H groups in total. The fourth-order valence-electron chi connectivity index (χ4n) is 2.11. The molecule has 20 heavy (non-hydrogen) atoms. The summed E-state index contributed by atoms with van der Waals surface area (Å²) in [5.41, 5.74) is 2.34. The standard InChI is InChI=1S/C15H13ClN2OS/c1-18(2)14-6-4-10(20-14)8-12-11-7-9(16)3-5-13(11)17-15(12)19/h3-8H,1-2H3,(H,17,19)/b12-8-. The van der Waals surface area contributed by atoms with Crippen molar-refractivity contribution in [2.24, 2.45) is 0 Å². The molecule has 1 aliphatic heterocycles. The number of benzene rings is 1. The highest BCUT2D eigenvalue weighted by atomic mass is 35.5. The minimum Gasteiger partial charge on any atom is -0.370 e. The van der Waals surface area contributed by atoms with Crippen LogP contribution in [0.15, 0.2) is 30.3 Å². The molecule has 0 radical (unpaired) electrons. The molecule has 102 valence electrons. The van der Waals surface area contributed by atoms with E-state index in [-0.39, 0.29) is 5.91 Å². The Balaban J connectivity index is 2.03. The Morgan fingerprint density at radius 1 is 1.25 bits per heavy atom. The lowest BCUT2D eigenvalue weighted by Gasteiger charge is -2.06. The lowest BCUT2D eigenvalue weighted by molar-refractivity contribution is -0.110. The van der Waals surface area contributed by atoms with Crippen molar-refractivity contribution in [3.8, 4) is 0 Å². The second kappa shape index (κ2) is 4.96. The molecule has 1 aliphatic rings. The smallest absolute Gasteiger partial charge is 0.256 e. The molecule has 3 rings (SSSR count). The van der Waals surface area contributed by atoms with E-state index in [0.717, 1.165) is 21.1 Å². The summed E-state index contributed by atoms with van der Waals surface area (Å²) in [5.74, 6) is -0.0814. The van der Waals surface area contributed by atoms with E-state index in [9.17, 15) is 4.79 Å². The van der Waals surface area contributed by atoms with E-state index in [1.807, 2.05) is 49.3 Å². The summed E-state index contributed by atoms with van der Waals surface area (Å²) in [6.07, 6.45) is 1.91. The molecule has 0 atom stereocenters. The second-order valence-corrected chi connectivity index (χ2v) is 6.30. The number of anilines is 2. The van der Waals surface area contributed by atoms with Crippen LogP contribution in [0.2, 0.25) is 5.02 Å². The zero-order valence-corrected chi connectivity index (χ0v) is 12.7. The van der Waals surface area contributed by atoms with E-state index >= 15 is 0 Å². The number of nitrogens with zero attached hydrogens (tertiary/aromatic N) is 1. The van der Waals surface area contributed by atoms with Gasteiger partial charge in [-0.1, -0.05) is 11.6 Å². The number of carbonyl (C=O) groups is 1. The second-order valence-electron chi connectivity index (χ2n) is 4.77. The van der Waals surface area contributed by atoms with Gasteiger partial charge in [-0.15, -0.1) is 11.3 Å². The molecule has 1 aromatic heterocycles. The van der Waals surface area contributed by atoms with Gasteiger partial charge in [0.2, 0.25) is 0 Å². The fraction of sp³-hybridized carbons (Fsp3) is 0.133. The van der Waals surface area contributed by atoms with Crippen LogP contribution in [0, 0.1) is 0 Å². The third-order valence-corrected chi connectivity index (χ3v) is 4.54. The molecule has 0 unspecified atom stereocenters. The third kappa shape index (κ3) is 2.32. The average Bonchev–Trinajstić information content (AvgIpc) is 2.97. The SMILES string of the molecule is CN(C)c1ccc(/C=C2\C(=O)Nc3ccc(Cl)cc32)s1. The van der Waals surface area contributed by atoms with Crippen LogP contribution in [0.1, 0.15) is 10.4 Å². The number of thiophene rings is 1. The van der Waals surface area contributed by atoms with Crippen LogP contribution in [0.5, 0.6) is 0 Å². The van der Waals surface area contributed by atoms with Gasteiger partial charge in [0.15, 0.2) is 0 Å². The predicted octanol–water partition coefficient (Wildman–Crippen LogP) is 3.96. The van der Waals surface area contributed by atoms with Gasteiger partial charge in [-0.2, -0.15) is 0 Å². The van der Waals surface area contributed by atoms with Gasteiger partial charge in [-0.25, -0.2) is 0 Å². The molecule has 1 aromatic carbocycles. The quantitative estimate of drug-likeness (QED) is 0.852. The van der Waals surface area contributed by atoms with Gasteiger partial charge < -0.3 is 10.2 Å². The summed E-state index contributed by atoms with van der Waals surface area (Å²) in [6.45, 7) is 0. The number of amides is 1. The Bertz CT molecular complexity index is 718. The topological polar surface area (TPSA) is 32.3 Å². The van der Waals surface area contributed by atoms with Crippen molar-refractivity contribution < 1.29 is 4.79 Å². The molecule has 0 saturated heterocycles. The Kier molecular flexibility index (Phi) is 3.28. The van der Waals surface area contributed by atoms with Crippen molar-refractivity contribution in [1.29, 1.82) is 0 Å². The van der Waals surface area contributed by atoms with Gasteiger partial charge >= 0.3 is 0 Å². The Morgan fingerprint density at radius 2 is 2.05 bits per heavy atom. The van der Waals surface area contributed by atoms with Crippen molar-refractivity contribution >= 4 is 51.2 Å². The van der Waals surface area contributed by atoms with E-state index < -0.39 is 0 Å². The summed E-state index contributed by atoms with van der Waals surface area (Å²) in [5, 5.41) is 4.64. The summed E-state index contributed by atoms with van der Waals surface area (Å²) in [4.78, 5) is 15.2. The minimum absolute atomic E-state index is 0.0814. The zero-order chi connectivity index (χ0) is 14.3. The maximum Gasteiger partial charge on any atom is 0.256 e. The lowest BCUT2D eigenvalue weighted by atomic mass is 10.1. The number of fused-ring (bicyclic) bond motifs is 1. The van der Waals surface area contributed by atoms with Gasteiger partial charge in [0.25, 0.3) is 5.91 Å². The van der Waals surface area contributed by atoms with Gasteiger partial charge in [-0.3, -0.25) is 4.79 Å². The predicted molar refractivity (Wildman–Crippen MR) is 86.6 cm³/mol. The molecule has 5 heteroatoms. The summed E-state index contributed by atoms with van der Waals surface area (Å²) >= 11 is 7.66. The first-order chi connectivity index (χ1) is 9.54. The van der Waals surface area contributed by atoms with Crippen LogP contribution in [-0.2, 0) is 4.79 Å². The molecule has 1 amide bonds.